The summed E-state index contributed by atoms with van der Waals surface area (Å²) in [4.78, 5) is 2.67. The van der Waals surface area contributed by atoms with Crippen LogP contribution in [0.15, 0.2) is 48.8 Å². The first-order valence-electron chi connectivity index (χ1n) is 11.9. The van der Waals surface area contributed by atoms with Crippen LogP contribution in [0.3, 0.4) is 0 Å². The Hall–Kier alpha value is -1.68. The van der Waals surface area contributed by atoms with E-state index in [0.717, 1.165) is 0 Å². The summed E-state index contributed by atoms with van der Waals surface area (Å²) in [5, 5.41) is 9.26. The highest BCUT2D eigenvalue weighted by Crippen LogP contribution is 2.19. The molecule has 1 aliphatic rings. The van der Waals surface area contributed by atoms with Gasteiger partial charge in [0, 0.05) is 6.20 Å². The van der Waals surface area contributed by atoms with E-state index in [9.17, 15) is 0 Å². The molecule has 1 heterocycles. The zero-order chi connectivity index (χ0) is 21.0. The van der Waals surface area contributed by atoms with Gasteiger partial charge in [0.2, 0.25) is 0 Å². The van der Waals surface area contributed by atoms with Crippen LogP contribution in [0.25, 0.3) is 0 Å². The maximum absolute atomic E-state index is 4.27. The monoisotopic (exact) mass is 400 g/mol. The van der Waals surface area contributed by atoms with Crippen molar-refractivity contribution in [3.05, 3.63) is 48.8 Å². The topological polar surface area (TPSA) is 44.8 Å². The van der Waals surface area contributed by atoms with Crippen LogP contribution in [-0.2, 0) is 0 Å². The molecule has 0 spiro atoms. The molecule has 0 saturated carbocycles. The van der Waals surface area contributed by atoms with Crippen LogP contribution in [0, 0.1) is 0 Å². The van der Waals surface area contributed by atoms with Gasteiger partial charge in [-0.25, -0.2) is 0 Å². The second-order valence-corrected chi connectivity index (χ2v) is 8.00. The third-order valence-corrected chi connectivity index (χ3v) is 5.42. The minimum atomic E-state index is 0.432. The van der Waals surface area contributed by atoms with Crippen molar-refractivity contribution in [3.63, 3.8) is 0 Å². The molecule has 164 valence electrons. The van der Waals surface area contributed by atoms with Crippen molar-refractivity contribution in [1.82, 2.24) is 20.3 Å². The molecule has 29 heavy (non-hydrogen) atoms. The molecule has 2 rings (SSSR count). The zero-order valence-corrected chi connectivity index (χ0v) is 19.0. The summed E-state index contributed by atoms with van der Waals surface area (Å²) in [5.74, 6) is 0. The normalized spacial score (nSPS) is 15.6. The lowest BCUT2D eigenvalue weighted by Gasteiger charge is -2.31. The van der Waals surface area contributed by atoms with Crippen LogP contribution >= 0.6 is 0 Å². The van der Waals surface area contributed by atoms with E-state index in [0.29, 0.717) is 6.04 Å². The smallest absolute Gasteiger partial charge is 0.0690 e. The van der Waals surface area contributed by atoms with Crippen molar-refractivity contribution in [2.75, 3.05) is 13.1 Å². The minimum Gasteiger partial charge on any atom is -0.293 e. The average molecular weight is 401 g/mol. The number of nitrogens with zero attached hydrogens (tertiary/aromatic N) is 3. The van der Waals surface area contributed by atoms with Gasteiger partial charge in [0.1, 0.15) is 0 Å². The van der Waals surface area contributed by atoms with Gasteiger partial charge in [-0.1, -0.05) is 114 Å². The number of aromatic nitrogens is 3. The second-order valence-electron chi connectivity index (χ2n) is 8.00. The van der Waals surface area contributed by atoms with Gasteiger partial charge in [-0.05, 0) is 31.5 Å². The largest absolute Gasteiger partial charge is 0.293 e. The molecule has 1 aliphatic carbocycles. The number of hydrogen-bond acceptors (Lipinski definition) is 3. The van der Waals surface area contributed by atoms with Crippen molar-refractivity contribution < 1.29 is 0 Å². The van der Waals surface area contributed by atoms with Crippen molar-refractivity contribution in [2.45, 2.75) is 96.9 Å². The fourth-order valence-electron chi connectivity index (χ4n) is 3.67. The SMILES string of the molecule is C=C1C=CC=CC1N(CCCCCCCC)CCCCCCCC.c1c[nH]nn1. The second kappa shape index (κ2) is 18.4. The average Bonchev–Trinajstić information content (AvgIpc) is 3.32. The molecule has 0 bridgehead atoms. The van der Waals surface area contributed by atoms with Gasteiger partial charge in [0.05, 0.1) is 12.2 Å². The van der Waals surface area contributed by atoms with Gasteiger partial charge in [0.25, 0.3) is 0 Å². The molecule has 1 N–H and O–H groups in total. The molecule has 0 amide bonds. The van der Waals surface area contributed by atoms with Gasteiger partial charge in [-0.2, -0.15) is 0 Å². The third kappa shape index (κ3) is 13.2. The van der Waals surface area contributed by atoms with E-state index in [4.69, 9.17) is 0 Å². The lowest BCUT2D eigenvalue weighted by Crippen LogP contribution is -2.37. The van der Waals surface area contributed by atoms with Crippen LogP contribution in [0.5, 0.6) is 0 Å². The molecule has 0 aromatic carbocycles. The summed E-state index contributed by atoms with van der Waals surface area (Å²) >= 11 is 0. The molecule has 0 aliphatic heterocycles. The number of H-pyrrole nitrogens is 1. The van der Waals surface area contributed by atoms with Crippen LogP contribution < -0.4 is 0 Å². The number of allylic oxidation sites excluding steroid dienone is 2. The highest BCUT2D eigenvalue weighted by Gasteiger charge is 2.18. The number of unbranched alkanes of at least 4 members (excludes halogenated alkanes) is 10. The first-order chi connectivity index (χ1) is 14.3. The molecule has 0 radical (unpaired) electrons. The molecule has 1 atom stereocenters. The molecule has 1 aromatic heterocycles. The van der Waals surface area contributed by atoms with E-state index < -0.39 is 0 Å². The molecular formula is C25H44N4. The van der Waals surface area contributed by atoms with Gasteiger partial charge in [-0.3, -0.25) is 10.00 Å². The molecule has 0 fully saturated rings. The molecule has 1 aromatic rings. The first-order valence-corrected chi connectivity index (χ1v) is 11.9. The predicted molar refractivity (Wildman–Crippen MR) is 126 cm³/mol. The van der Waals surface area contributed by atoms with Crippen molar-refractivity contribution in [1.29, 1.82) is 0 Å². The fourth-order valence-corrected chi connectivity index (χ4v) is 3.67. The van der Waals surface area contributed by atoms with Gasteiger partial charge < -0.3 is 0 Å². The standard InChI is InChI=1S/C23H41N.C2H3N3/c1-4-6-8-10-12-16-20-24(21-17-13-11-9-7-5-2)23-19-15-14-18-22(23)3;1-2-4-5-3-1/h14-15,18-19,23H,3-13,16-17,20-21H2,1-2H3;1-2H,(H,3,4,5). The summed E-state index contributed by atoms with van der Waals surface area (Å²) < 4.78 is 0. The zero-order valence-electron chi connectivity index (χ0n) is 19.0. The van der Waals surface area contributed by atoms with Crippen molar-refractivity contribution in [3.8, 4) is 0 Å². The lowest BCUT2D eigenvalue weighted by molar-refractivity contribution is 0.241. The molecule has 0 saturated heterocycles. The molecule has 1 unspecified atom stereocenters. The summed E-state index contributed by atoms with van der Waals surface area (Å²) in [6.45, 7) is 11.3. The highest BCUT2D eigenvalue weighted by atomic mass is 15.3. The molecule has 4 heteroatoms. The molecular weight excluding hydrogens is 356 g/mol. The van der Waals surface area contributed by atoms with Crippen LogP contribution in [0.1, 0.15) is 90.9 Å². The lowest BCUT2D eigenvalue weighted by atomic mass is 10.0. The summed E-state index contributed by atoms with van der Waals surface area (Å²) in [5.41, 5.74) is 1.26. The predicted octanol–water partition coefficient (Wildman–Crippen LogP) is 6.86. The summed E-state index contributed by atoms with van der Waals surface area (Å²) in [6.07, 6.45) is 28.6. The minimum absolute atomic E-state index is 0.432. The Labute approximate surface area is 179 Å². The summed E-state index contributed by atoms with van der Waals surface area (Å²) in [6, 6.07) is 0.432. The Kier molecular flexibility index (Phi) is 16.0. The Balaban J connectivity index is 0.000000726. The quantitative estimate of drug-likeness (QED) is 0.327. The number of nitrogens with one attached hydrogen (secondary N) is 1. The Morgan fingerprint density at radius 1 is 0.862 bits per heavy atom. The summed E-state index contributed by atoms with van der Waals surface area (Å²) in [7, 11) is 0. The first kappa shape index (κ1) is 25.4. The fraction of sp³-hybridized carbons (Fsp3) is 0.680. The van der Waals surface area contributed by atoms with E-state index in [1.165, 1.54) is 95.7 Å². The van der Waals surface area contributed by atoms with E-state index in [2.05, 4.69) is 65.0 Å². The number of hydrogen-bond donors (Lipinski definition) is 1. The highest BCUT2D eigenvalue weighted by molar-refractivity contribution is 5.34. The van der Waals surface area contributed by atoms with Gasteiger partial charge in [-0.15, -0.1) is 5.10 Å². The van der Waals surface area contributed by atoms with Crippen LogP contribution in [0.2, 0.25) is 0 Å². The number of rotatable bonds is 15. The van der Waals surface area contributed by atoms with Crippen LogP contribution in [-0.4, -0.2) is 39.4 Å². The van der Waals surface area contributed by atoms with Crippen molar-refractivity contribution in [2.24, 2.45) is 0 Å². The van der Waals surface area contributed by atoms with E-state index in [1.807, 2.05) is 0 Å². The third-order valence-electron chi connectivity index (χ3n) is 5.42. The van der Waals surface area contributed by atoms with Gasteiger partial charge >= 0.3 is 0 Å². The van der Waals surface area contributed by atoms with E-state index in [-0.39, 0.29) is 0 Å². The van der Waals surface area contributed by atoms with E-state index >= 15 is 0 Å². The number of aromatic amines is 1. The van der Waals surface area contributed by atoms with E-state index in [1.54, 1.807) is 12.4 Å². The van der Waals surface area contributed by atoms with Crippen molar-refractivity contribution >= 4 is 0 Å². The van der Waals surface area contributed by atoms with Gasteiger partial charge in [0.15, 0.2) is 0 Å². The molecule has 4 nitrogen and oxygen atoms in total. The Morgan fingerprint density at radius 2 is 1.45 bits per heavy atom. The van der Waals surface area contributed by atoms with Crippen LogP contribution in [0.4, 0.5) is 0 Å². The maximum atomic E-state index is 4.27. The Bertz CT molecular complexity index is 500. The maximum Gasteiger partial charge on any atom is 0.0690 e. The Morgan fingerprint density at radius 3 is 1.90 bits per heavy atom.